The van der Waals surface area contributed by atoms with Gasteiger partial charge in [0.25, 0.3) is 0 Å². The number of hydrogen-bond acceptors (Lipinski definition) is 1. The van der Waals surface area contributed by atoms with E-state index in [2.05, 4.69) is 16.7 Å². The Hall–Kier alpha value is -2.49. The Kier molecular flexibility index (Phi) is 2.45. The maximum absolute atomic E-state index is 11.1. The summed E-state index contributed by atoms with van der Waals surface area (Å²) in [6.45, 7) is 0. The molecule has 96 valence electrons. The van der Waals surface area contributed by atoms with Crippen LogP contribution < -0.4 is 0 Å². The summed E-state index contributed by atoms with van der Waals surface area (Å²) in [7, 11) is 3.77. The average Bonchev–Trinajstić information content (AvgIpc) is 2.91. The molecule has 2 heterocycles. The van der Waals surface area contributed by atoms with Gasteiger partial charge in [0, 0.05) is 36.8 Å². The smallest absolute Gasteiger partial charge is 0.352 e. The first-order valence-corrected chi connectivity index (χ1v) is 6.03. The van der Waals surface area contributed by atoms with Gasteiger partial charge in [-0.25, -0.2) is 4.79 Å². The Bertz CT molecular complexity index is 781. The van der Waals surface area contributed by atoms with Crippen molar-refractivity contribution < 1.29 is 9.90 Å². The van der Waals surface area contributed by atoms with E-state index in [9.17, 15) is 4.79 Å². The largest absolute Gasteiger partial charge is 0.477 e. The lowest BCUT2D eigenvalue weighted by Crippen LogP contribution is -2.04. The Morgan fingerprint density at radius 2 is 1.84 bits per heavy atom. The maximum Gasteiger partial charge on any atom is 0.352 e. The minimum atomic E-state index is -0.908. The highest BCUT2D eigenvalue weighted by molar-refractivity contribution is 5.96. The molecule has 19 heavy (non-hydrogen) atoms. The maximum atomic E-state index is 11.1. The van der Waals surface area contributed by atoms with E-state index in [1.54, 1.807) is 17.7 Å². The Morgan fingerprint density at radius 1 is 1.11 bits per heavy atom. The summed E-state index contributed by atoms with van der Waals surface area (Å²) in [5, 5.41) is 10.2. The van der Waals surface area contributed by atoms with E-state index in [4.69, 9.17) is 5.11 Å². The number of benzene rings is 1. The number of hydrogen-bond donors (Lipinski definition) is 1. The predicted molar refractivity (Wildman–Crippen MR) is 74.3 cm³/mol. The van der Waals surface area contributed by atoms with Crippen molar-refractivity contribution in [2.75, 3.05) is 0 Å². The van der Waals surface area contributed by atoms with Crippen LogP contribution in [0.2, 0.25) is 0 Å². The first-order valence-electron chi connectivity index (χ1n) is 6.03. The molecule has 1 N–H and O–H groups in total. The predicted octanol–water partition coefficient (Wildman–Crippen LogP) is 2.88. The van der Waals surface area contributed by atoms with Crippen LogP contribution in [-0.4, -0.2) is 20.2 Å². The molecule has 0 radical (unpaired) electrons. The van der Waals surface area contributed by atoms with Gasteiger partial charge in [-0.05, 0) is 18.2 Å². The topological polar surface area (TPSA) is 47.2 Å². The molecule has 0 atom stereocenters. The zero-order chi connectivity index (χ0) is 13.6. The molecule has 4 heteroatoms. The number of fused-ring (bicyclic) bond motifs is 1. The fourth-order valence-corrected chi connectivity index (χ4v) is 2.54. The summed E-state index contributed by atoms with van der Waals surface area (Å²) in [5.41, 5.74) is 3.39. The van der Waals surface area contributed by atoms with E-state index in [1.807, 2.05) is 31.4 Å². The summed E-state index contributed by atoms with van der Waals surface area (Å²) < 4.78 is 3.77. The molecule has 0 aliphatic carbocycles. The lowest BCUT2D eigenvalue weighted by molar-refractivity contribution is 0.0687. The van der Waals surface area contributed by atoms with Crippen molar-refractivity contribution in [3.8, 4) is 11.3 Å². The summed E-state index contributed by atoms with van der Waals surface area (Å²) in [6, 6.07) is 11.6. The van der Waals surface area contributed by atoms with E-state index in [0.29, 0.717) is 5.69 Å². The number of aromatic carboxylic acids is 1. The lowest BCUT2D eigenvalue weighted by atomic mass is 10.1. The number of para-hydroxylation sites is 1. The molecule has 0 saturated heterocycles. The number of aromatic nitrogens is 2. The molecule has 0 aliphatic rings. The number of rotatable bonds is 2. The third-order valence-corrected chi connectivity index (χ3v) is 3.51. The van der Waals surface area contributed by atoms with Crippen LogP contribution in [0.4, 0.5) is 0 Å². The fraction of sp³-hybridized carbons (Fsp3) is 0.133. The summed E-state index contributed by atoms with van der Waals surface area (Å²) in [6.07, 6.45) is 2.03. The van der Waals surface area contributed by atoms with Gasteiger partial charge in [-0.1, -0.05) is 18.2 Å². The van der Waals surface area contributed by atoms with Crippen LogP contribution in [0.15, 0.2) is 42.6 Å². The number of carboxylic acids is 1. The van der Waals surface area contributed by atoms with Gasteiger partial charge in [-0.3, -0.25) is 0 Å². The molecule has 0 amide bonds. The van der Waals surface area contributed by atoms with Gasteiger partial charge in [-0.15, -0.1) is 0 Å². The van der Waals surface area contributed by atoms with Crippen LogP contribution in [-0.2, 0) is 14.1 Å². The standard InChI is InChI=1S/C15H14N2O2/c1-16-9-11(10-5-3-4-6-12(10)16)13-7-8-14(15(18)19)17(13)2/h3-9H,1-2H3,(H,18,19). The molecule has 0 bridgehead atoms. The Morgan fingerprint density at radius 3 is 2.53 bits per heavy atom. The highest BCUT2D eigenvalue weighted by atomic mass is 16.4. The van der Waals surface area contributed by atoms with Crippen molar-refractivity contribution in [1.82, 2.24) is 9.13 Å². The molecule has 1 aromatic carbocycles. The average molecular weight is 254 g/mol. The monoisotopic (exact) mass is 254 g/mol. The van der Waals surface area contributed by atoms with Crippen molar-refractivity contribution in [3.63, 3.8) is 0 Å². The molecular weight excluding hydrogens is 240 g/mol. The highest BCUT2D eigenvalue weighted by Crippen LogP contribution is 2.30. The van der Waals surface area contributed by atoms with E-state index in [0.717, 1.165) is 22.2 Å². The SMILES string of the molecule is Cn1c(C(=O)O)ccc1-c1cn(C)c2ccccc12. The molecule has 0 spiro atoms. The van der Waals surface area contributed by atoms with E-state index in [1.165, 1.54) is 0 Å². The molecule has 0 fully saturated rings. The van der Waals surface area contributed by atoms with Crippen LogP contribution in [0.1, 0.15) is 10.5 Å². The number of carbonyl (C=O) groups is 1. The van der Waals surface area contributed by atoms with Crippen LogP contribution in [0, 0.1) is 0 Å². The van der Waals surface area contributed by atoms with E-state index < -0.39 is 5.97 Å². The first-order chi connectivity index (χ1) is 9.09. The number of carboxylic acid groups (broad SMARTS) is 1. The minimum absolute atomic E-state index is 0.294. The molecule has 2 aromatic heterocycles. The van der Waals surface area contributed by atoms with Crippen LogP contribution in [0.3, 0.4) is 0 Å². The highest BCUT2D eigenvalue weighted by Gasteiger charge is 2.15. The van der Waals surface area contributed by atoms with Crippen molar-refractivity contribution >= 4 is 16.9 Å². The van der Waals surface area contributed by atoms with Gasteiger partial charge in [0.2, 0.25) is 0 Å². The normalized spacial score (nSPS) is 11.1. The summed E-state index contributed by atoms with van der Waals surface area (Å²) in [5.74, 6) is -0.908. The Labute approximate surface area is 110 Å². The van der Waals surface area contributed by atoms with Crippen molar-refractivity contribution in [3.05, 3.63) is 48.3 Å². The van der Waals surface area contributed by atoms with Crippen LogP contribution >= 0.6 is 0 Å². The molecular formula is C15H14N2O2. The van der Waals surface area contributed by atoms with Gasteiger partial charge in [0.15, 0.2) is 0 Å². The quantitative estimate of drug-likeness (QED) is 0.764. The van der Waals surface area contributed by atoms with Gasteiger partial charge < -0.3 is 14.2 Å². The van der Waals surface area contributed by atoms with Crippen LogP contribution in [0.5, 0.6) is 0 Å². The minimum Gasteiger partial charge on any atom is -0.477 e. The van der Waals surface area contributed by atoms with E-state index in [-0.39, 0.29) is 0 Å². The first kappa shape index (κ1) is 11.6. The summed E-state index contributed by atoms with van der Waals surface area (Å²) in [4.78, 5) is 11.1. The number of aryl methyl sites for hydroxylation is 1. The molecule has 4 nitrogen and oxygen atoms in total. The molecule has 0 saturated carbocycles. The second-order valence-electron chi connectivity index (χ2n) is 4.64. The van der Waals surface area contributed by atoms with Crippen LogP contribution in [0.25, 0.3) is 22.2 Å². The van der Waals surface area contributed by atoms with Gasteiger partial charge in [0.05, 0.1) is 5.69 Å². The third-order valence-electron chi connectivity index (χ3n) is 3.51. The van der Waals surface area contributed by atoms with Gasteiger partial charge in [-0.2, -0.15) is 0 Å². The lowest BCUT2D eigenvalue weighted by Gasteiger charge is -2.04. The molecule has 0 aliphatic heterocycles. The molecule has 3 rings (SSSR count). The molecule has 0 unspecified atom stereocenters. The third kappa shape index (κ3) is 1.64. The number of nitrogens with zero attached hydrogens (tertiary/aromatic N) is 2. The van der Waals surface area contributed by atoms with Gasteiger partial charge in [0.1, 0.15) is 5.69 Å². The second kappa shape index (κ2) is 4.02. The fourth-order valence-electron chi connectivity index (χ4n) is 2.54. The Balaban J connectivity index is 2.28. The van der Waals surface area contributed by atoms with Crippen molar-refractivity contribution in [2.45, 2.75) is 0 Å². The molecule has 3 aromatic rings. The van der Waals surface area contributed by atoms with Crippen molar-refractivity contribution in [1.29, 1.82) is 0 Å². The van der Waals surface area contributed by atoms with Gasteiger partial charge >= 0.3 is 5.97 Å². The van der Waals surface area contributed by atoms with E-state index >= 15 is 0 Å². The zero-order valence-electron chi connectivity index (χ0n) is 10.8. The second-order valence-corrected chi connectivity index (χ2v) is 4.64. The summed E-state index contributed by atoms with van der Waals surface area (Å²) >= 11 is 0. The zero-order valence-corrected chi connectivity index (χ0v) is 10.8. The van der Waals surface area contributed by atoms with Crippen molar-refractivity contribution in [2.24, 2.45) is 14.1 Å².